The van der Waals surface area contributed by atoms with Gasteiger partial charge in [0.15, 0.2) is 0 Å². The highest BCUT2D eigenvalue weighted by Crippen LogP contribution is 2.32. The number of hydrogen-bond acceptors (Lipinski definition) is 2. The van der Waals surface area contributed by atoms with E-state index in [9.17, 15) is 8.78 Å². The number of nitrogens with two attached hydrogens (primary N) is 1. The third-order valence-corrected chi connectivity index (χ3v) is 3.87. The minimum Gasteiger partial charge on any atom is -0.483 e. The minimum atomic E-state index is -0.686. The fraction of sp³-hybridized carbons (Fsp3) is 0.250. The first kappa shape index (κ1) is 15.9. The van der Waals surface area contributed by atoms with Crippen molar-refractivity contribution in [2.75, 3.05) is 0 Å². The van der Waals surface area contributed by atoms with Gasteiger partial charge in [0.1, 0.15) is 23.5 Å². The molecule has 0 radical (unpaired) electrons. The number of halogens is 3. The Labute approximate surface area is 131 Å². The lowest BCUT2D eigenvalue weighted by Crippen LogP contribution is -2.32. The van der Waals surface area contributed by atoms with Crippen LogP contribution in [0.5, 0.6) is 5.75 Å². The molecule has 0 bridgehead atoms. The minimum absolute atomic E-state index is 0.298. The van der Waals surface area contributed by atoms with Crippen molar-refractivity contribution in [3.8, 4) is 5.75 Å². The van der Waals surface area contributed by atoms with Crippen LogP contribution in [0.4, 0.5) is 8.78 Å². The number of ether oxygens (including phenoxy) is 1. The SMILES string of the molecule is CCC(N)C(Oc1cc(F)ccc1Br)c1ccccc1F. The first-order chi connectivity index (χ1) is 10.0. The number of rotatable bonds is 5. The van der Waals surface area contributed by atoms with Crippen molar-refractivity contribution >= 4 is 15.9 Å². The van der Waals surface area contributed by atoms with Gasteiger partial charge >= 0.3 is 0 Å². The molecule has 0 aliphatic rings. The average Bonchev–Trinajstić information content (AvgIpc) is 2.48. The molecule has 2 nitrogen and oxygen atoms in total. The standard InChI is InChI=1S/C16H16BrF2NO/c1-2-14(20)16(11-5-3-4-6-13(11)19)21-15-9-10(18)7-8-12(15)17/h3-9,14,16H,2,20H2,1H3. The summed E-state index contributed by atoms with van der Waals surface area (Å²) in [7, 11) is 0. The van der Waals surface area contributed by atoms with Gasteiger partial charge in [-0.05, 0) is 40.5 Å². The summed E-state index contributed by atoms with van der Waals surface area (Å²) in [5.41, 5.74) is 6.42. The van der Waals surface area contributed by atoms with Crippen LogP contribution in [0.25, 0.3) is 0 Å². The van der Waals surface area contributed by atoms with E-state index in [4.69, 9.17) is 10.5 Å². The Morgan fingerprint density at radius 1 is 1.19 bits per heavy atom. The highest BCUT2D eigenvalue weighted by atomic mass is 79.9. The van der Waals surface area contributed by atoms with E-state index in [-0.39, 0.29) is 5.82 Å². The topological polar surface area (TPSA) is 35.2 Å². The van der Waals surface area contributed by atoms with Crippen LogP contribution in [0.2, 0.25) is 0 Å². The maximum Gasteiger partial charge on any atom is 0.142 e. The molecule has 2 N–H and O–H groups in total. The first-order valence-corrected chi connectivity index (χ1v) is 7.44. The van der Waals surface area contributed by atoms with E-state index in [2.05, 4.69) is 15.9 Å². The zero-order chi connectivity index (χ0) is 15.4. The molecule has 5 heteroatoms. The molecular weight excluding hydrogens is 340 g/mol. The molecule has 0 aromatic heterocycles. The molecule has 2 aromatic carbocycles. The molecule has 2 aromatic rings. The smallest absolute Gasteiger partial charge is 0.142 e. The van der Waals surface area contributed by atoms with Gasteiger partial charge in [-0.1, -0.05) is 25.1 Å². The second-order valence-electron chi connectivity index (χ2n) is 4.71. The Morgan fingerprint density at radius 2 is 1.90 bits per heavy atom. The summed E-state index contributed by atoms with van der Waals surface area (Å²) in [4.78, 5) is 0. The predicted octanol–water partition coefficient (Wildman–Crippen LogP) is 4.58. The van der Waals surface area contributed by atoms with Crippen molar-refractivity contribution in [3.05, 3.63) is 64.1 Å². The Hall–Kier alpha value is -1.46. The van der Waals surface area contributed by atoms with Crippen LogP contribution in [0.15, 0.2) is 46.9 Å². The zero-order valence-corrected chi connectivity index (χ0v) is 13.1. The molecular formula is C16H16BrF2NO. The molecule has 112 valence electrons. The molecule has 0 aliphatic heterocycles. The normalized spacial score (nSPS) is 13.8. The first-order valence-electron chi connectivity index (χ1n) is 6.64. The Balaban J connectivity index is 2.38. The predicted molar refractivity (Wildman–Crippen MR) is 82.1 cm³/mol. The molecule has 0 saturated heterocycles. The van der Waals surface area contributed by atoms with Crippen molar-refractivity contribution < 1.29 is 13.5 Å². The molecule has 0 aliphatic carbocycles. The van der Waals surface area contributed by atoms with Crippen molar-refractivity contribution in [2.24, 2.45) is 5.73 Å². The Kier molecular flexibility index (Phi) is 5.31. The molecule has 2 unspecified atom stereocenters. The molecule has 21 heavy (non-hydrogen) atoms. The van der Waals surface area contributed by atoms with E-state index in [1.807, 2.05) is 6.92 Å². The molecule has 2 rings (SSSR count). The molecule has 0 amide bonds. The van der Waals surface area contributed by atoms with Gasteiger partial charge in [0.2, 0.25) is 0 Å². The zero-order valence-electron chi connectivity index (χ0n) is 11.5. The van der Waals surface area contributed by atoms with Crippen LogP contribution in [-0.2, 0) is 0 Å². The molecule has 0 spiro atoms. The monoisotopic (exact) mass is 355 g/mol. The van der Waals surface area contributed by atoms with Crippen LogP contribution < -0.4 is 10.5 Å². The van der Waals surface area contributed by atoms with Gasteiger partial charge < -0.3 is 10.5 Å². The largest absolute Gasteiger partial charge is 0.483 e. The van der Waals surface area contributed by atoms with Crippen LogP contribution in [-0.4, -0.2) is 6.04 Å². The number of benzene rings is 2. The van der Waals surface area contributed by atoms with Gasteiger partial charge in [-0.2, -0.15) is 0 Å². The van der Waals surface area contributed by atoms with E-state index in [1.54, 1.807) is 24.3 Å². The summed E-state index contributed by atoms with van der Waals surface area (Å²) in [5.74, 6) is -0.517. The molecule has 0 heterocycles. The third kappa shape index (κ3) is 3.80. The van der Waals surface area contributed by atoms with Gasteiger partial charge in [-0.15, -0.1) is 0 Å². The summed E-state index contributed by atoms with van der Waals surface area (Å²) in [6, 6.07) is 10.0. The van der Waals surface area contributed by atoms with Crippen molar-refractivity contribution in [1.82, 2.24) is 0 Å². The van der Waals surface area contributed by atoms with Gasteiger partial charge in [-0.25, -0.2) is 8.78 Å². The van der Waals surface area contributed by atoms with E-state index in [0.29, 0.717) is 22.2 Å². The van der Waals surface area contributed by atoms with Gasteiger partial charge in [-0.3, -0.25) is 0 Å². The second-order valence-corrected chi connectivity index (χ2v) is 5.56. The van der Waals surface area contributed by atoms with E-state index < -0.39 is 18.0 Å². The Bertz CT molecular complexity index is 621. The van der Waals surface area contributed by atoms with E-state index >= 15 is 0 Å². The fourth-order valence-corrected chi connectivity index (χ4v) is 2.35. The Morgan fingerprint density at radius 3 is 2.57 bits per heavy atom. The molecule has 0 saturated carbocycles. The molecule has 2 atom stereocenters. The maximum absolute atomic E-state index is 14.0. The lowest BCUT2D eigenvalue weighted by molar-refractivity contribution is 0.165. The lowest BCUT2D eigenvalue weighted by atomic mass is 10.00. The summed E-state index contributed by atoms with van der Waals surface area (Å²) in [6.45, 7) is 1.89. The van der Waals surface area contributed by atoms with E-state index in [1.165, 1.54) is 18.2 Å². The van der Waals surface area contributed by atoms with Crippen LogP contribution in [0, 0.1) is 11.6 Å². The van der Waals surface area contributed by atoms with E-state index in [0.717, 1.165) is 0 Å². The van der Waals surface area contributed by atoms with Gasteiger partial charge in [0, 0.05) is 17.7 Å². The van der Waals surface area contributed by atoms with Crippen LogP contribution >= 0.6 is 15.9 Å². The van der Waals surface area contributed by atoms with Crippen molar-refractivity contribution in [1.29, 1.82) is 0 Å². The lowest BCUT2D eigenvalue weighted by Gasteiger charge is -2.25. The van der Waals surface area contributed by atoms with Gasteiger partial charge in [0.05, 0.1) is 4.47 Å². The van der Waals surface area contributed by atoms with Crippen LogP contribution in [0.1, 0.15) is 25.0 Å². The summed E-state index contributed by atoms with van der Waals surface area (Å²) in [6.07, 6.45) is -0.0827. The average molecular weight is 356 g/mol. The summed E-state index contributed by atoms with van der Waals surface area (Å²) in [5, 5.41) is 0. The third-order valence-electron chi connectivity index (χ3n) is 3.22. The highest BCUT2D eigenvalue weighted by Gasteiger charge is 2.24. The van der Waals surface area contributed by atoms with Crippen molar-refractivity contribution in [3.63, 3.8) is 0 Å². The van der Waals surface area contributed by atoms with Gasteiger partial charge in [0.25, 0.3) is 0 Å². The highest BCUT2D eigenvalue weighted by molar-refractivity contribution is 9.10. The quantitative estimate of drug-likeness (QED) is 0.851. The summed E-state index contributed by atoms with van der Waals surface area (Å²) < 4.78 is 33.7. The molecule has 0 fully saturated rings. The fourth-order valence-electron chi connectivity index (χ4n) is 2.01. The number of hydrogen-bond donors (Lipinski definition) is 1. The second kappa shape index (κ2) is 7.00. The van der Waals surface area contributed by atoms with Crippen LogP contribution in [0.3, 0.4) is 0 Å². The van der Waals surface area contributed by atoms with Crippen molar-refractivity contribution in [2.45, 2.75) is 25.5 Å². The maximum atomic E-state index is 14.0. The summed E-state index contributed by atoms with van der Waals surface area (Å²) >= 11 is 3.29.